The van der Waals surface area contributed by atoms with Crippen molar-refractivity contribution in [1.82, 2.24) is 10.9 Å². The Bertz CT molecular complexity index is 89.0. The van der Waals surface area contributed by atoms with Gasteiger partial charge in [-0.25, -0.2) is 5.43 Å². The van der Waals surface area contributed by atoms with Gasteiger partial charge in [-0.15, -0.1) is 0 Å². The molecule has 1 aliphatic heterocycles. The van der Waals surface area contributed by atoms with E-state index in [1.165, 1.54) is 0 Å². The lowest BCUT2D eigenvalue weighted by atomic mass is 10.1. The summed E-state index contributed by atoms with van der Waals surface area (Å²) in [6, 6.07) is -0.196. The highest BCUT2D eigenvalue weighted by Gasteiger charge is 2.20. The van der Waals surface area contributed by atoms with E-state index in [0.29, 0.717) is 6.42 Å². The number of rotatable bonds is 1. The highest BCUT2D eigenvalue weighted by molar-refractivity contribution is 4.77. The molecule has 0 aromatic carbocycles. The van der Waals surface area contributed by atoms with Crippen LogP contribution in [0.4, 0.5) is 0 Å². The van der Waals surface area contributed by atoms with Crippen LogP contribution in [0.5, 0.6) is 0 Å². The summed E-state index contributed by atoms with van der Waals surface area (Å²) in [6.45, 7) is 0.742. The van der Waals surface area contributed by atoms with E-state index in [-0.39, 0.29) is 12.6 Å². The summed E-state index contributed by atoms with van der Waals surface area (Å²) in [4.78, 5) is 0. The molecule has 0 aromatic rings. The average molecular weight is 132 g/mol. The van der Waals surface area contributed by atoms with Crippen LogP contribution in [0.15, 0.2) is 0 Å². The summed E-state index contributed by atoms with van der Waals surface area (Å²) < 4.78 is 0. The van der Waals surface area contributed by atoms with Gasteiger partial charge >= 0.3 is 0 Å². The van der Waals surface area contributed by atoms with Crippen LogP contribution in [0.2, 0.25) is 0 Å². The van der Waals surface area contributed by atoms with Crippen LogP contribution >= 0.6 is 0 Å². The van der Waals surface area contributed by atoms with E-state index in [0.717, 1.165) is 6.54 Å². The Hall–Kier alpha value is -0.160. The topological polar surface area (TPSA) is 64.5 Å². The molecule has 1 heterocycles. The number of hydrogen-bond donors (Lipinski definition) is 4. The fourth-order valence-corrected chi connectivity index (χ4v) is 0.888. The minimum absolute atomic E-state index is 0.0197. The molecule has 54 valence electrons. The second-order valence-electron chi connectivity index (χ2n) is 2.22. The molecule has 0 spiro atoms. The van der Waals surface area contributed by atoms with Gasteiger partial charge in [-0.1, -0.05) is 0 Å². The first-order valence-corrected chi connectivity index (χ1v) is 3.12. The summed E-state index contributed by atoms with van der Waals surface area (Å²) >= 11 is 0. The summed E-state index contributed by atoms with van der Waals surface area (Å²) in [5.41, 5.74) is 5.61. The fourth-order valence-electron chi connectivity index (χ4n) is 0.888. The third-order valence-corrected chi connectivity index (χ3v) is 1.51. The van der Waals surface area contributed by atoms with Crippen molar-refractivity contribution in [2.45, 2.75) is 18.6 Å². The zero-order chi connectivity index (χ0) is 6.69. The highest BCUT2D eigenvalue weighted by atomic mass is 16.3. The molecule has 4 N–H and O–H groups in total. The van der Waals surface area contributed by atoms with Gasteiger partial charge < -0.3 is 10.2 Å². The van der Waals surface area contributed by atoms with Crippen LogP contribution in [0.25, 0.3) is 0 Å². The van der Waals surface area contributed by atoms with Crippen molar-refractivity contribution in [1.29, 1.82) is 0 Å². The Kier molecular flexibility index (Phi) is 2.41. The van der Waals surface area contributed by atoms with E-state index in [1.54, 1.807) is 0 Å². The molecule has 2 unspecified atom stereocenters. The molecular weight excluding hydrogens is 120 g/mol. The monoisotopic (exact) mass is 132 g/mol. The number of nitrogens with one attached hydrogen (secondary N) is 2. The molecule has 4 heteroatoms. The van der Waals surface area contributed by atoms with Crippen LogP contribution in [-0.2, 0) is 0 Å². The first-order chi connectivity index (χ1) is 4.34. The SMILES string of the molecule is OCC1NNCCC1O. The van der Waals surface area contributed by atoms with Crippen LogP contribution in [0, 0.1) is 0 Å². The quantitative estimate of drug-likeness (QED) is 0.340. The second kappa shape index (κ2) is 3.12. The standard InChI is InChI=1S/C5H12N2O2/c8-3-4-5(9)1-2-6-7-4/h4-9H,1-3H2. The first kappa shape index (κ1) is 6.95. The largest absolute Gasteiger partial charge is 0.395 e. The minimum atomic E-state index is -0.406. The zero-order valence-electron chi connectivity index (χ0n) is 5.17. The number of hydrogen-bond acceptors (Lipinski definition) is 4. The van der Waals surface area contributed by atoms with E-state index in [2.05, 4.69) is 10.9 Å². The Morgan fingerprint density at radius 3 is 2.78 bits per heavy atom. The molecule has 0 aromatic heterocycles. The first-order valence-electron chi connectivity index (χ1n) is 3.12. The predicted octanol–water partition coefficient (Wildman–Crippen LogP) is -1.79. The number of hydrazine groups is 1. The van der Waals surface area contributed by atoms with Crippen molar-refractivity contribution in [3.05, 3.63) is 0 Å². The van der Waals surface area contributed by atoms with Gasteiger partial charge in [0.1, 0.15) is 0 Å². The molecule has 1 aliphatic rings. The van der Waals surface area contributed by atoms with Gasteiger partial charge in [0.25, 0.3) is 0 Å². The highest BCUT2D eigenvalue weighted by Crippen LogP contribution is 1.99. The van der Waals surface area contributed by atoms with E-state index in [1.807, 2.05) is 0 Å². The molecule has 1 saturated heterocycles. The van der Waals surface area contributed by atoms with E-state index in [9.17, 15) is 0 Å². The van der Waals surface area contributed by atoms with Gasteiger partial charge in [0.15, 0.2) is 0 Å². The molecule has 0 saturated carbocycles. The second-order valence-corrected chi connectivity index (χ2v) is 2.22. The van der Waals surface area contributed by atoms with Crippen molar-refractivity contribution in [2.24, 2.45) is 0 Å². The number of aliphatic hydroxyl groups is 2. The molecule has 2 atom stereocenters. The van der Waals surface area contributed by atoms with Crippen molar-refractivity contribution in [3.8, 4) is 0 Å². The fraction of sp³-hybridized carbons (Fsp3) is 1.00. The van der Waals surface area contributed by atoms with Crippen LogP contribution < -0.4 is 10.9 Å². The molecule has 4 nitrogen and oxygen atoms in total. The maximum absolute atomic E-state index is 9.11. The zero-order valence-corrected chi connectivity index (χ0v) is 5.17. The van der Waals surface area contributed by atoms with Gasteiger partial charge in [-0.05, 0) is 6.42 Å². The molecule has 0 bridgehead atoms. The summed E-state index contributed by atoms with van der Waals surface area (Å²) in [6.07, 6.45) is 0.300. The predicted molar refractivity (Wildman–Crippen MR) is 32.6 cm³/mol. The van der Waals surface area contributed by atoms with Gasteiger partial charge in [-0.3, -0.25) is 5.43 Å². The summed E-state index contributed by atoms with van der Waals surface area (Å²) in [5, 5.41) is 17.7. The van der Waals surface area contributed by atoms with Gasteiger partial charge in [0.05, 0.1) is 18.8 Å². The van der Waals surface area contributed by atoms with Gasteiger partial charge in [-0.2, -0.15) is 0 Å². The third-order valence-electron chi connectivity index (χ3n) is 1.51. The van der Waals surface area contributed by atoms with Gasteiger partial charge in [0, 0.05) is 6.54 Å². The van der Waals surface area contributed by atoms with Crippen LogP contribution in [0.3, 0.4) is 0 Å². The lowest BCUT2D eigenvalue weighted by Crippen LogP contribution is -2.55. The number of aliphatic hydroxyl groups excluding tert-OH is 2. The lowest BCUT2D eigenvalue weighted by Gasteiger charge is -2.27. The molecule has 1 fully saturated rings. The maximum Gasteiger partial charge on any atom is 0.0741 e. The van der Waals surface area contributed by atoms with Crippen molar-refractivity contribution in [3.63, 3.8) is 0 Å². The lowest BCUT2D eigenvalue weighted by molar-refractivity contribution is 0.0542. The normalized spacial score (nSPS) is 36.7. The average Bonchev–Trinajstić information content (AvgIpc) is 1.89. The van der Waals surface area contributed by atoms with E-state index >= 15 is 0 Å². The Morgan fingerprint density at radius 1 is 1.56 bits per heavy atom. The Labute approximate surface area is 53.9 Å². The summed E-state index contributed by atoms with van der Waals surface area (Å²) in [5.74, 6) is 0. The van der Waals surface area contributed by atoms with Crippen molar-refractivity contribution < 1.29 is 10.2 Å². The summed E-state index contributed by atoms with van der Waals surface area (Å²) in [7, 11) is 0. The third kappa shape index (κ3) is 1.62. The Balaban J connectivity index is 2.30. The van der Waals surface area contributed by atoms with Crippen molar-refractivity contribution in [2.75, 3.05) is 13.2 Å². The van der Waals surface area contributed by atoms with Crippen LogP contribution in [-0.4, -0.2) is 35.5 Å². The smallest absolute Gasteiger partial charge is 0.0741 e. The van der Waals surface area contributed by atoms with Gasteiger partial charge in [0.2, 0.25) is 0 Å². The minimum Gasteiger partial charge on any atom is -0.395 e. The van der Waals surface area contributed by atoms with Crippen LogP contribution in [0.1, 0.15) is 6.42 Å². The van der Waals surface area contributed by atoms with Crippen molar-refractivity contribution >= 4 is 0 Å². The molecule has 0 amide bonds. The van der Waals surface area contributed by atoms with E-state index < -0.39 is 6.10 Å². The molecule has 1 rings (SSSR count). The molecule has 0 aliphatic carbocycles. The van der Waals surface area contributed by atoms with E-state index in [4.69, 9.17) is 10.2 Å². The molecule has 9 heavy (non-hydrogen) atoms. The molecular formula is C5H12N2O2. The maximum atomic E-state index is 9.11. The Morgan fingerprint density at radius 2 is 2.33 bits per heavy atom. The molecule has 0 radical (unpaired) electrons.